The summed E-state index contributed by atoms with van der Waals surface area (Å²) in [6, 6.07) is 4.39. The van der Waals surface area contributed by atoms with Gasteiger partial charge in [-0.15, -0.1) is 0 Å². The van der Waals surface area contributed by atoms with Gasteiger partial charge in [0.15, 0.2) is 11.5 Å². The second kappa shape index (κ2) is 5.36. The van der Waals surface area contributed by atoms with Crippen molar-refractivity contribution in [2.24, 2.45) is 0 Å². The monoisotopic (exact) mass is 337 g/mol. The Balaban J connectivity index is 1.70. The second-order valence-electron chi connectivity index (χ2n) is 4.97. The summed E-state index contributed by atoms with van der Waals surface area (Å²) in [7, 11) is 0. The molecule has 2 heterocycles. The minimum atomic E-state index is 0.284. The van der Waals surface area contributed by atoms with E-state index < -0.39 is 0 Å². The molecule has 0 radical (unpaired) electrons. The van der Waals surface area contributed by atoms with E-state index >= 15 is 0 Å². The molecule has 20 heavy (non-hydrogen) atoms. The predicted molar refractivity (Wildman–Crippen MR) is 80.2 cm³/mol. The summed E-state index contributed by atoms with van der Waals surface area (Å²) in [5.41, 5.74) is 2.13. The largest absolute Gasteiger partial charge is 0.454 e. The number of nitrogens with zero attached hydrogens (tertiary/aromatic N) is 2. The fourth-order valence-electron chi connectivity index (χ4n) is 2.04. The Morgan fingerprint density at radius 1 is 1.40 bits per heavy atom. The highest BCUT2D eigenvalue weighted by Crippen LogP contribution is 2.40. The van der Waals surface area contributed by atoms with Crippen molar-refractivity contribution >= 4 is 21.6 Å². The van der Waals surface area contributed by atoms with Gasteiger partial charge in [0.2, 0.25) is 6.79 Å². The Kier molecular flexibility index (Phi) is 3.56. The van der Waals surface area contributed by atoms with Crippen LogP contribution in [-0.4, -0.2) is 16.6 Å². The van der Waals surface area contributed by atoms with Gasteiger partial charge in [0.1, 0.15) is 0 Å². The van der Waals surface area contributed by atoms with Crippen LogP contribution in [0.15, 0.2) is 29.0 Å². The van der Waals surface area contributed by atoms with E-state index in [2.05, 4.69) is 40.2 Å². The van der Waals surface area contributed by atoms with E-state index in [1.54, 1.807) is 0 Å². The first-order valence-electron chi connectivity index (χ1n) is 6.49. The molecule has 2 aromatic rings. The molecule has 0 amide bonds. The van der Waals surface area contributed by atoms with E-state index in [0.717, 1.165) is 27.2 Å². The Bertz CT molecular complexity index is 625. The highest BCUT2D eigenvalue weighted by Gasteiger charge is 2.17. The molecular formula is C14H16BrN3O2. The molecule has 1 aromatic carbocycles. The molecule has 3 rings (SSSR count). The van der Waals surface area contributed by atoms with Crippen molar-refractivity contribution in [1.82, 2.24) is 9.78 Å². The van der Waals surface area contributed by atoms with Crippen molar-refractivity contribution in [1.29, 1.82) is 0 Å². The number of benzene rings is 1. The maximum absolute atomic E-state index is 5.41. The van der Waals surface area contributed by atoms with Crippen molar-refractivity contribution in [2.45, 2.75) is 26.4 Å². The van der Waals surface area contributed by atoms with E-state index in [9.17, 15) is 0 Å². The van der Waals surface area contributed by atoms with Crippen LogP contribution >= 0.6 is 15.9 Å². The first-order valence-corrected chi connectivity index (χ1v) is 7.29. The Labute approximate surface area is 126 Å². The lowest BCUT2D eigenvalue weighted by Gasteiger charge is -2.07. The lowest BCUT2D eigenvalue weighted by Crippen LogP contribution is -2.01. The number of halogens is 1. The molecule has 0 saturated heterocycles. The number of rotatable bonds is 4. The molecule has 0 saturated carbocycles. The van der Waals surface area contributed by atoms with Crippen molar-refractivity contribution in [3.05, 3.63) is 34.6 Å². The average Bonchev–Trinajstić information content (AvgIpc) is 3.05. The average molecular weight is 338 g/mol. The molecular weight excluding hydrogens is 322 g/mol. The van der Waals surface area contributed by atoms with E-state index in [-0.39, 0.29) is 6.79 Å². The topological polar surface area (TPSA) is 48.3 Å². The third-order valence-corrected chi connectivity index (χ3v) is 3.70. The number of hydrogen-bond donors (Lipinski definition) is 1. The Morgan fingerprint density at radius 3 is 3.00 bits per heavy atom. The van der Waals surface area contributed by atoms with Gasteiger partial charge in [0.25, 0.3) is 0 Å². The highest BCUT2D eigenvalue weighted by atomic mass is 79.9. The van der Waals surface area contributed by atoms with Gasteiger partial charge in [-0.25, -0.2) is 0 Å². The van der Waals surface area contributed by atoms with Gasteiger partial charge in [-0.05, 0) is 47.5 Å². The summed E-state index contributed by atoms with van der Waals surface area (Å²) >= 11 is 3.50. The van der Waals surface area contributed by atoms with Gasteiger partial charge in [0.05, 0.1) is 16.4 Å². The maximum Gasteiger partial charge on any atom is 0.231 e. The molecule has 0 fully saturated rings. The molecule has 0 spiro atoms. The second-order valence-corrected chi connectivity index (χ2v) is 5.82. The van der Waals surface area contributed by atoms with Crippen molar-refractivity contribution in [3.8, 4) is 11.5 Å². The van der Waals surface area contributed by atoms with Crippen LogP contribution in [0.1, 0.15) is 25.5 Å². The molecule has 1 aliphatic rings. The van der Waals surface area contributed by atoms with Crippen LogP contribution in [0, 0.1) is 0 Å². The summed E-state index contributed by atoms with van der Waals surface area (Å²) in [5.74, 6) is 1.57. The fourth-order valence-corrected chi connectivity index (χ4v) is 2.64. The summed E-state index contributed by atoms with van der Waals surface area (Å²) in [6.07, 6.45) is 3.84. The fraction of sp³-hybridized carbons (Fsp3) is 0.357. The predicted octanol–water partition coefficient (Wildman–Crippen LogP) is 3.57. The van der Waals surface area contributed by atoms with E-state index in [4.69, 9.17) is 9.47 Å². The highest BCUT2D eigenvalue weighted by molar-refractivity contribution is 9.10. The number of nitrogens with one attached hydrogen (secondary N) is 1. The molecule has 5 nitrogen and oxygen atoms in total. The summed E-state index contributed by atoms with van der Waals surface area (Å²) < 4.78 is 13.6. The van der Waals surface area contributed by atoms with Crippen molar-refractivity contribution in [2.75, 3.05) is 12.1 Å². The summed E-state index contributed by atoms with van der Waals surface area (Å²) in [5, 5.41) is 7.66. The molecule has 0 atom stereocenters. The zero-order valence-corrected chi connectivity index (χ0v) is 13.0. The van der Waals surface area contributed by atoms with Crippen LogP contribution in [0.25, 0.3) is 0 Å². The number of anilines is 1. The maximum atomic E-state index is 5.41. The van der Waals surface area contributed by atoms with Gasteiger partial charge in [0, 0.05) is 18.8 Å². The molecule has 1 aliphatic heterocycles. The minimum Gasteiger partial charge on any atom is -0.454 e. The molecule has 106 valence electrons. The molecule has 0 bridgehead atoms. The van der Waals surface area contributed by atoms with Crippen LogP contribution in [0.5, 0.6) is 11.5 Å². The molecule has 0 aliphatic carbocycles. The van der Waals surface area contributed by atoms with Crippen LogP contribution in [0.4, 0.5) is 5.69 Å². The summed E-state index contributed by atoms with van der Waals surface area (Å²) in [4.78, 5) is 0. The van der Waals surface area contributed by atoms with Crippen LogP contribution < -0.4 is 14.8 Å². The third-order valence-electron chi connectivity index (χ3n) is 3.11. The van der Waals surface area contributed by atoms with Gasteiger partial charge in [-0.1, -0.05) is 0 Å². The number of fused-ring (bicyclic) bond motifs is 1. The smallest absolute Gasteiger partial charge is 0.231 e. The zero-order valence-electron chi connectivity index (χ0n) is 11.4. The van der Waals surface area contributed by atoms with Crippen molar-refractivity contribution in [3.63, 3.8) is 0 Å². The Hall–Kier alpha value is -1.69. The van der Waals surface area contributed by atoms with Gasteiger partial charge < -0.3 is 14.8 Å². The molecule has 1 N–H and O–H groups in total. The first-order chi connectivity index (χ1) is 9.63. The van der Waals surface area contributed by atoms with E-state index in [1.165, 1.54) is 0 Å². The van der Waals surface area contributed by atoms with Gasteiger partial charge >= 0.3 is 0 Å². The van der Waals surface area contributed by atoms with Crippen LogP contribution in [-0.2, 0) is 6.54 Å². The number of ether oxygens (including phenoxy) is 2. The number of hydrogen-bond acceptors (Lipinski definition) is 4. The Morgan fingerprint density at radius 2 is 2.25 bits per heavy atom. The van der Waals surface area contributed by atoms with Crippen LogP contribution in [0.2, 0.25) is 0 Å². The van der Waals surface area contributed by atoms with Gasteiger partial charge in [-0.3, -0.25) is 4.68 Å². The van der Waals surface area contributed by atoms with E-state index in [0.29, 0.717) is 12.6 Å². The SMILES string of the molecule is CC(C)n1cc(NCc2cc(Br)c3c(c2)OCO3)cn1. The molecule has 0 unspecified atom stereocenters. The zero-order chi connectivity index (χ0) is 14.1. The molecule has 6 heteroatoms. The lowest BCUT2D eigenvalue weighted by atomic mass is 10.2. The third kappa shape index (κ3) is 2.60. The van der Waals surface area contributed by atoms with Gasteiger partial charge in [-0.2, -0.15) is 5.10 Å². The summed E-state index contributed by atoms with van der Waals surface area (Å²) in [6.45, 7) is 5.20. The van der Waals surface area contributed by atoms with E-state index in [1.807, 2.05) is 29.2 Å². The normalized spacial score (nSPS) is 13.0. The first kappa shape index (κ1) is 13.3. The standard InChI is InChI=1S/C14H16BrN3O2/c1-9(2)18-7-11(6-17-18)16-5-10-3-12(15)14-13(4-10)19-8-20-14/h3-4,6-7,9,16H,5,8H2,1-2H3. The van der Waals surface area contributed by atoms with Crippen LogP contribution in [0.3, 0.4) is 0 Å². The lowest BCUT2D eigenvalue weighted by molar-refractivity contribution is 0.173. The number of aromatic nitrogens is 2. The quantitative estimate of drug-likeness (QED) is 0.926. The molecule has 1 aromatic heterocycles. The minimum absolute atomic E-state index is 0.284. The van der Waals surface area contributed by atoms with Crippen molar-refractivity contribution < 1.29 is 9.47 Å².